The van der Waals surface area contributed by atoms with Gasteiger partial charge in [-0.25, -0.2) is 0 Å². The van der Waals surface area contributed by atoms with Gasteiger partial charge in [-0.1, -0.05) is 45.9 Å². The Hall–Kier alpha value is -3.61. The number of Topliss-reactive ketones (excluding diaryl/α,β-unsaturated/α-hetero) is 2. The summed E-state index contributed by atoms with van der Waals surface area (Å²) in [4.78, 5) is 41.3. The molecule has 0 aromatic heterocycles. The van der Waals surface area contributed by atoms with Gasteiger partial charge in [-0.05, 0) is 53.9 Å². The second-order valence-electron chi connectivity index (χ2n) is 12.3. The molecule has 7 nitrogen and oxygen atoms in total. The zero-order chi connectivity index (χ0) is 28.1. The van der Waals surface area contributed by atoms with Crippen LogP contribution in [-0.4, -0.2) is 42.3 Å². The number of phenols is 1. The largest absolute Gasteiger partial charge is 0.507 e. The summed E-state index contributed by atoms with van der Waals surface area (Å²) < 4.78 is 17.6. The first-order valence-corrected chi connectivity index (χ1v) is 13.5. The van der Waals surface area contributed by atoms with Gasteiger partial charge in [0.25, 0.3) is 0 Å². The summed E-state index contributed by atoms with van der Waals surface area (Å²) in [5.74, 6) is -1.14. The molecule has 1 spiro atoms. The third-order valence-electron chi connectivity index (χ3n) is 10.4. The van der Waals surface area contributed by atoms with Crippen molar-refractivity contribution in [1.29, 1.82) is 0 Å². The summed E-state index contributed by atoms with van der Waals surface area (Å²) in [6.07, 6.45) is 4.48. The number of carbonyl (C=O) groups excluding carboxylic acids is 3. The Morgan fingerprint density at radius 2 is 1.77 bits per heavy atom. The summed E-state index contributed by atoms with van der Waals surface area (Å²) in [7, 11) is 3.07. The fourth-order valence-corrected chi connectivity index (χ4v) is 8.36. The van der Waals surface area contributed by atoms with Crippen molar-refractivity contribution in [2.45, 2.75) is 52.1 Å². The molecule has 3 fully saturated rings. The molecule has 6 rings (SSSR count). The summed E-state index contributed by atoms with van der Waals surface area (Å²) in [6.45, 7) is 8.34. The highest BCUT2D eigenvalue weighted by Crippen LogP contribution is 2.79. The first-order valence-electron chi connectivity index (χ1n) is 13.5. The monoisotopic (exact) mass is 530 g/mol. The van der Waals surface area contributed by atoms with Gasteiger partial charge in [-0.15, -0.1) is 0 Å². The van der Waals surface area contributed by atoms with E-state index in [9.17, 15) is 19.5 Å². The number of rotatable bonds is 5. The lowest BCUT2D eigenvalue weighted by Crippen LogP contribution is -2.68. The van der Waals surface area contributed by atoms with Crippen molar-refractivity contribution >= 4 is 23.4 Å². The average Bonchev–Trinajstić information content (AvgIpc) is 3.33. The van der Waals surface area contributed by atoms with E-state index in [1.807, 2.05) is 12.1 Å². The van der Waals surface area contributed by atoms with Crippen molar-refractivity contribution in [2.75, 3.05) is 14.2 Å². The number of aromatic hydroxyl groups is 1. The molecule has 7 heteroatoms. The molecule has 6 atom stereocenters. The summed E-state index contributed by atoms with van der Waals surface area (Å²) >= 11 is 0. The third kappa shape index (κ3) is 3.07. The number of ether oxygens (including phenoxy) is 3. The van der Waals surface area contributed by atoms with Crippen molar-refractivity contribution in [3.05, 3.63) is 53.1 Å². The lowest BCUT2D eigenvalue weighted by atomic mass is 9.48. The highest BCUT2D eigenvalue weighted by Gasteiger charge is 2.84. The lowest BCUT2D eigenvalue weighted by molar-refractivity contribution is -0.177. The summed E-state index contributed by atoms with van der Waals surface area (Å²) in [5.41, 5.74) is -1.05. The van der Waals surface area contributed by atoms with Gasteiger partial charge in [0, 0.05) is 28.9 Å². The van der Waals surface area contributed by atoms with E-state index in [-0.39, 0.29) is 46.0 Å². The third-order valence-corrected chi connectivity index (χ3v) is 10.4. The molecule has 2 aromatic carbocycles. The molecule has 204 valence electrons. The number of fused-ring (bicyclic) bond motifs is 4. The molecule has 0 amide bonds. The molecule has 4 aliphatic rings. The SMILES string of the molecule is COc1ccc(/C=C/C(=O)c2c(O)cc(OC)c3c2O[C@]24C(=O)C(=O)[C@@H]5[C@@H](C5(C)C)[C@@]2(C)[C@H](C)CC[C@H]34)cc1. The molecule has 0 saturated heterocycles. The summed E-state index contributed by atoms with van der Waals surface area (Å²) in [6, 6.07) is 8.64. The second-order valence-corrected chi connectivity index (χ2v) is 12.3. The molecular weight excluding hydrogens is 496 g/mol. The van der Waals surface area contributed by atoms with Crippen LogP contribution in [0, 0.1) is 28.6 Å². The van der Waals surface area contributed by atoms with E-state index in [1.54, 1.807) is 25.3 Å². The van der Waals surface area contributed by atoms with Gasteiger partial charge >= 0.3 is 0 Å². The van der Waals surface area contributed by atoms with Crippen molar-refractivity contribution < 1.29 is 33.7 Å². The molecule has 0 radical (unpaired) electrons. The van der Waals surface area contributed by atoms with E-state index in [2.05, 4.69) is 27.7 Å². The number of ketones is 3. The maximum Gasteiger partial charge on any atom is 0.243 e. The molecule has 1 N–H and O–H groups in total. The van der Waals surface area contributed by atoms with Crippen LogP contribution in [0.3, 0.4) is 0 Å². The number of benzene rings is 2. The summed E-state index contributed by atoms with van der Waals surface area (Å²) in [5, 5.41) is 11.0. The molecule has 3 aliphatic carbocycles. The Morgan fingerprint density at radius 3 is 2.41 bits per heavy atom. The molecule has 0 bridgehead atoms. The number of phenolic OH excluding ortho intramolecular Hbond substituents is 1. The fraction of sp³-hybridized carbons (Fsp3) is 0.469. The highest BCUT2D eigenvalue weighted by molar-refractivity contribution is 6.43. The molecule has 0 unspecified atom stereocenters. The standard InChI is InChI=1S/C32H34O7/c1-16-7-13-19-23-22(38-6)15-21(34)24(20(33)14-10-17-8-11-18(37-5)12-9-17)27(23)39-32(19)29(36)26(35)25-28(30(25,2)3)31(16,32)4/h8-12,14-16,19,25,28,34H,7,13H2,1-6H3/b14-10+/t16-,19-,25-,28+,31-,32-/m1/s1. The van der Waals surface area contributed by atoms with Crippen LogP contribution >= 0.6 is 0 Å². The molecule has 2 aromatic rings. The van der Waals surface area contributed by atoms with Crippen molar-refractivity contribution in [3.8, 4) is 23.0 Å². The van der Waals surface area contributed by atoms with Gasteiger partial charge in [-0.3, -0.25) is 14.4 Å². The first kappa shape index (κ1) is 25.7. The average molecular weight is 531 g/mol. The topological polar surface area (TPSA) is 99.1 Å². The zero-order valence-electron chi connectivity index (χ0n) is 23.2. The lowest BCUT2D eigenvalue weighted by Gasteiger charge is -2.56. The van der Waals surface area contributed by atoms with Gasteiger partial charge in [-0.2, -0.15) is 0 Å². The maximum atomic E-state index is 14.1. The van der Waals surface area contributed by atoms with E-state index in [0.29, 0.717) is 23.5 Å². The van der Waals surface area contributed by atoms with Crippen LogP contribution in [-0.2, 0) is 9.59 Å². The number of hydrogen-bond acceptors (Lipinski definition) is 7. The predicted molar refractivity (Wildman–Crippen MR) is 144 cm³/mol. The van der Waals surface area contributed by atoms with Gasteiger partial charge in [0.15, 0.2) is 11.4 Å². The second kappa shape index (κ2) is 8.20. The molecule has 3 saturated carbocycles. The van der Waals surface area contributed by atoms with E-state index in [1.165, 1.54) is 19.3 Å². The number of allylic oxidation sites excluding steroid dienone is 1. The Labute approximate surface area is 228 Å². The van der Waals surface area contributed by atoms with E-state index < -0.39 is 28.5 Å². The molecule has 39 heavy (non-hydrogen) atoms. The van der Waals surface area contributed by atoms with Gasteiger partial charge in [0.05, 0.1) is 14.2 Å². The maximum absolute atomic E-state index is 14.1. The van der Waals surface area contributed by atoms with Crippen LogP contribution in [0.2, 0.25) is 0 Å². The molecule has 1 heterocycles. The number of methoxy groups -OCH3 is 2. The van der Waals surface area contributed by atoms with Gasteiger partial charge in [0.1, 0.15) is 28.6 Å². The van der Waals surface area contributed by atoms with Crippen LogP contribution in [0.15, 0.2) is 36.4 Å². The van der Waals surface area contributed by atoms with Gasteiger partial charge < -0.3 is 19.3 Å². The zero-order valence-corrected chi connectivity index (χ0v) is 23.2. The number of carbonyl (C=O) groups is 3. The smallest absolute Gasteiger partial charge is 0.243 e. The van der Waals surface area contributed by atoms with E-state index in [4.69, 9.17) is 14.2 Å². The molecular formula is C32H34O7. The normalized spacial score (nSPS) is 33.5. The minimum Gasteiger partial charge on any atom is -0.507 e. The van der Waals surface area contributed by atoms with Crippen molar-refractivity contribution in [2.24, 2.45) is 28.6 Å². The Kier molecular flexibility index (Phi) is 5.39. The Morgan fingerprint density at radius 1 is 1.08 bits per heavy atom. The van der Waals surface area contributed by atoms with E-state index >= 15 is 0 Å². The van der Waals surface area contributed by atoms with Crippen molar-refractivity contribution in [1.82, 2.24) is 0 Å². The Bertz CT molecular complexity index is 1450. The highest BCUT2D eigenvalue weighted by atomic mass is 16.5. The Balaban J connectivity index is 1.50. The van der Waals surface area contributed by atoms with E-state index in [0.717, 1.165) is 12.0 Å². The van der Waals surface area contributed by atoms with Crippen LogP contribution in [0.25, 0.3) is 6.08 Å². The van der Waals surface area contributed by atoms with Gasteiger partial charge in [0.2, 0.25) is 11.6 Å². The quantitative estimate of drug-likeness (QED) is 0.315. The van der Waals surface area contributed by atoms with Crippen molar-refractivity contribution in [3.63, 3.8) is 0 Å². The van der Waals surface area contributed by atoms with Crippen LogP contribution < -0.4 is 14.2 Å². The number of hydrogen-bond donors (Lipinski definition) is 1. The first-order chi connectivity index (χ1) is 18.4. The molecule has 1 aliphatic heterocycles. The minimum atomic E-state index is -1.45. The van der Waals surface area contributed by atoms with Crippen LogP contribution in [0.1, 0.15) is 67.9 Å². The van der Waals surface area contributed by atoms with Crippen LogP contribution in [0.5, 0.6) is 23.0 Å². The van der Waals surface area contributed by atoms with Crippen LogP contribution in [0.4, 0.5) is 0 Å². The fourth-order valence-electron chi connectivity index (χ4n) is 8.36. The minimum absolute atomic E-state index is 0.0176. The predicted octanol–water partition coefficient (Wildman–Crippen LogP) is 5.38.